The second-order valence-corrected chi connectivity index (χ2v) is 8.94. The summed E-state index contributed by atoms with van der Waals surface area (Å²) in [7, 11) is 3.43. The molecule has 1 fully saturated rings. The lowest BCUT2D eigenvalue weighted by Crippen LogP contribution is -2.33. The lowest BCUT2D eigenvalue weighted by Gasteiger charge is -2.29. The first-order chi connectivity index (χ1) is 15.7. The van der Waals surface area contributed by atoms with Crippen molar-refractivity contribution in [2.24, 2.45) is 11.8 Å². The van der Waals surface area contributed by atoms with Crippen LogP contribution in [0.25, 0.3) is 22.2 Å². The van der Waals surface area contributed by atoms with Crippen LogP contribution in [-0.4, -0.2) is 29.6 Å². The van der Waals surface area contributed by atoms with Gasteiger partial charge in [-0.3, -0.25) is 4.79 Å². The minimum atomic E-state index is 0.153. The number of aromatic nitrogens is 2. The van der Waals surface area contributed by atoms with Crippen LogP contribution in [0.15, 0.2) is 48.7 Å². The Balaban J connectivity index is 1.48. The number of carbonyl (C=O) groups excluding carboxylic acids is 1. The van der Waals surface area contributed by atoms with Crippen molar-refractivity contribution in [2.45, 2.75) is 57.9 Å². The molecule has 32 heavy (non-hydrogen) atoms. The van der Waals surface area contributed by atoms with E-state index >= 15 is 0 Å². The van der Waals surface area contributed by atoms with E-state index in [0.29, 0.717) is 11.8 Å². The number of carbonyl (C=O) groups is 1. The average molecular weight is 434 g/mol. The average Bonchev–Trinajstić information content (AvgIpc) is 3.22. The highest BCUT2D eigenvalue weighted by atomic mass is 16.5. The maximum atomic E-state index is 12.5. The van der Waals surface area contributed by atoms with E-state index in [2.05, 4.69) is 46.4 Å². The molecule has 1 saturated carbocycles. The van der Waals surface area contributed by atoms with Crippen LogP contribution >= 0.6 is 0 Å². The van der Waals surface area contributed by atoms with Gasteiger partial charge >= 0.3 is 0 Å². The van der Waals surface area contributed by atoms with Gasteiger partial charge in [-0.15, -0.1) is 0 Å². The monoisotopic (exact) mass is 433 g/mol. The van der Waals surface area contributed by atoms with E-state index in [1.807, 2.05) is 12.1 Å². The highest BCUT2D eigenvalue weighted by molar-refractivity contribution is 5.94. The zero-order valence-corrected chi connectivity index (χ0v) is 19.3. The molecule has 0 saturated heterocycles. The maximum absolute atomic E-state index is 12.5. The van der Waals surface area contributed by atoms with Crippen LogP contribution in [-0.2, 0) is 11.3 Å². The molecule has 4 rings (SSSR count). The maximum Gasteiger partial charge on any atom is 0.223 e. The van der Waals surface area contributed by atoms with Gasteiger partial charge in [-0.05, 0) is 43.2 Å². The lowest BCUT2D eigenvalue weighted by molar-refractivity contribution is -0.127. The molecule has 0 spiro atoms. The minimum absolute atomic E-state index is 0.153. The van der Waals surface area contributed by atoms with Gasteiger partial charge in [-0.2, -0.15) is 4.98 Å². The molecule has 170 valence electrons. The largest absolute Gasteiger partial charge is 0.481 e. The number of nitrogens with one attached hydrogen (secondary N) is 1. The van der Waals surface area contributed by atoms with Gasteiger partial charge in [0.25, 0.3) is 0 Å². The standard InChI is InChI=1S/C27H35N3O2/c1-28-27(31)22(20-11-5-3-6-12-20)15-9-10-18-30-19-24(21-13-7-4-8-14-21)23-16-17-25(32-2)29-26(23)30/h4,7-8,13-14,16-17,19-20,22H,3,5-6,9-12,15,18H2,1-2H3,(H,28,31). The number of nitrogens with zero attached hydrogens (tertiary/aromatic N) is 2. The second kappa shape index (κ2) is 10.7. The number of unbranched alkanes of at least 4 members (excludes halogenated alkanes) is 1. The molecular weight excluding hydrogens is 398 g/mol. The molecule has 1 aliphatic rings. The number of hydrogen-bond acceptors (Lipinski definition) is 3. The Labute approximate surface area is 191 Å². The van der Waals surface area contributed by atoms with Crippen molar-refractivity contribution in [2.75, 3.05) is 14.2 Å². The van der Waals surface area contributed by atoms with Crippen molar-refractivity contribution in [3.63, 3.8) is 0 Å². The van der Waals surface area contributed by atoms with Crippen LogP contribution in [0, 0.1) is 11.8 Å². The molecule has 3 aromatic rings. The highest BCUT2D eigenvalue weighted by Gasteiger charge is 2.28. The fraction of sp³-hybridized carbons (Fsp3) is 0.481. The van der Waals surface area contributed by atoms with E-state index in [0.717, 1.165) is 36.8 Å². The molecule has 1 aliphatic carbocycles. The Morgan fingerprint density at radius 3 is 2.62 bits per heavy atom. The normalized spacial score (nSPS) is 15.6. The second-order valence-electron chi connectivity index (χ2n) is 8.94. The lowest BCUT2D eigenvalue weighted by atomic mass is 9.77. The Kier molecular flexibility index (Phi) is 7.46. The van der Waals surface area contributed by atoms with Crippen LogP contribution in [0.2, 0.25) is 0 Å². The number of amides is 1. The number of hydrogen-bond donors (Lipinski definition) is 1. The SMILES string of the molecule is CNC(=O)C(CCCCn1cc(-c2ccccc2)c2ccc(OC)nc21)C1CCCCC1. The summed E-state index contributed by atoms with van der Waals surface area (Å²) < 4.78 is 7.63. The summed E-state index contributed by atoms with van der Waals surface area (Å²) in [5, 5.41) is 4.05. The number of ether oxygens (including phenoxy) is 1. The van der Waals surface area contributed by atoms with Gasteiger partial charge in [0.2, 0.25) is 11.8 Å². The van der Waals surface area contributed by atoms with E-state index in [1.54, 1.807) is 14.2 Å². The topological polar surface area (TPSA) is 56.2 Å². The summed E-state index contributed by atoms with van der Waals surface area (Å²) in [5.74, 6) is 1.56. The molecule has 1 amide bonds. The molecule has 2 aromatic heterocycles. The molecule has 5 heteroatoms. The van der Waals surface area contributed by atoms with E-state index in [-0.39, 0.29) is 11.8 Å². The third-order valence-electron chi connectivity index (χ3n) is 6.96. The molecular formula is C27H35N3O2. The van der Waals surface area contributed by atoms with Crippen molar-refractivity contribution in [3.05, 3.63) is 48.7 Å². The first-order valence-corrected chi connectivity index (χ1v) is 12.0. The molecule has 2 heterocycles. The Bertz CT molecular complexity index is 1020. The van der Waals surface area contributed by atoms with Crippen molar-refractivity contribution >= 4 is 16.9 Å². The van der Waals surface area contributed by atoms with Gasteiger partial charge in [0.15, 0.2) is 0 Å². The molecule has 0 bridgehead atoms. The van der Waals surface area contributed by atoms with Gasteiger partial charge in [0.1, 0.15) is 5.65 Å². The summed E-state index contributed by atoms with van der Waals surface area (Å²) in [5.41, 5.74) is 3.35. The number of fused-ring (bicyclic) bond motifs is 1. The molecule has 5 nitrogen and oxygen atoms in total. The third-order valence-corrected chi connectivity index (χ3v) is 6.96. The number of rotatable bonds is 9. The summed E-state index contributed by atoms with van der Waals surface area (Å²) >= 11 is 0. The van der Waals surface area contributed by atoms with Gasteiger partial charge in [-0.1, -0.05) is 56.0 Å². The smallest absolute Gasteiger partial charge is 0.223 e. The first kappa shape index (κ1) is 22.4. The van der Waals surface area contributed by atoms with Crippen molar-refractivity contribution in [1.29, 1.82) is 0 Å². The van der Waals surface area contributed by atoms with Crippen LogP contribution in [0.3, 0.4) is 0 Å². The summed E-state index contributed by atoms with van der Waals surface area (Å²) in [4.78, 5) is 17.3. The third kappa shape index (κ3) is 4.98. The highest BCUT2D eigenvalue weighted by Crippen LogP contribution is 2.34. The summed E-state index contributed by atoms with van der Waals surface area (Å²) in [6.45, 7) is 0.884. The minimum Gasteiger partial charge on any atom is -0.481 e. The van der Waals surface area contributed by atoms with Crippen LogP contribution in [0.4, 0.5) is 0 Å². The van der Waals surface area contributed by atoms with E-state index in [9.17, 15) is 4.79 Å². The molecule has 0 radical (unpaired) electrons. The fourth-order valence-electron chi connectivity index (χ4n) is 5.23. The van der Waals surface area contributed by atoms with Gasteiger partial charge in [-0.25, -0.2) is 0 Å². The van der Waals surface area contributed by atoms with Crippen LogP contribution in [0.5, 0.6) is 5.88 Å². The number of methoxy groups -OCH3 is 1. The summed E-state index contributed by atoms with van der Waals surface area (Å²) in [6.07, 6.45) is 11.5. The fourth-order valence-corrected chi connectivity index (χ4v) is 5.23. The van der Waals surface area contributed by atoms with Gasteiger partial charge < -0.3 is 14.6 Å². The molecule has 1 atom stereocenters. The number of benzene rings is 1. The molecule has 1 aromatic carbocycles. The van der Waals surface area contributed by atoms with Crippen molar-refractivity contribution in [3.8, 4) is 17.0 Å². The summed E-state index contributed by atoms with van der Waals surface area (Å²) in [6, 6.07) is 14.5. The predicted molar refractivity (Wildman–Crippen MR) is 130 cm³/mol. The molecule has 0 aliphatic heterocycles. The van der Waals surface area contributed by atoms with E-state index < -0.39 is 0 Å². The Morgan fingerprint density at radius 1 is 1.12 bits per heavy atom. The quantitative estimate of drug-likeness (QED) is 0.432. The Morgan fingerprint density at radius 2 is 1.91 bits per heavy atom. The van der Waals surface area contributed by atoms with Crippen molar-refractivity contribution in [1.82, 2.24) is 14.9 Å². The van der Waals surface area contributed by atoms with Crippen LogP contribution in [0.1, 0.15) is 51.4 Å². The zero-order valence-electron chi connectivity index (χ0n) is 19.3. The van der Waals surface area contributed by atoms with Crippen molar-refractivity contribution < 1.29 is 9.53 Å². The van der Waals surface area contributed by atoms with E-state index in [4.69, 9.17) is 9.72 Å². The predicted octanol–water partition coefficient (Wildman–Crippen LogP) is 5.82. The van der Waals surface area contributed by atoms with E-state index in [1.165, 1.54) is 43.2 Å². The molecule has 1 N–H and O–H groups in total. The van der Waals surface area contributed by atoms with Crippen LogP contribution < -0.4 is 10.1 Å². The number of aryl methyl sites for hydroxylation is 1. The van der Waals surface area contributed by atoms with Gasteiger partial charge in [0, 0.05) is 42.7 Å². The Hall–Kier alpha value is -2.82. The first-order valence-electron chi connectivity index (χ1n) is 12.0. The molecule has 1 unspecified atom stereocenters. The van der Waals surface area contributed by atoms with Gasteiger partial charge in [0.05, 0.1) is 7.11 Å². The number of pyridine rings is 1. The zero-order chi connectivity index (χ0) is 22.3.